The molecule has 0 saturated heterocycles. The zero-order valence-electron chi connectivity index (χ0n) is 15.7. The predicted octanol–water partition coefficient (Wildman–Crippen LogP) is 0.936. The summed E-state index contributed by atoms with van der Waals surface area (Å²) in [6.45, 7) is 1.29. The molecule has 3 aromatic rings. The van der Waals surface area contributed by atoms with Crippen LogP contribution in [0.1, 0.15) is 11.1 Å². The summed E-state index contributed by atoms with van der Waals surface area (Å²) in [6, 6.07) is 7.21. The molecule has 0 saturated carbocycles. The van der Waals surface area contributed by atoms with Crippen LogP contribution in [-0.4, -0.2) is 58.0 Å². The molecule has 0 aliphatic carbocycles. The first-order chi connectivity index (χ1) is 13.5. The Kier molecular flexibility index (Phi) is 5.90. The van der Waals surface area contributed by atoms with E-state index in [9.17, 15) is 9.90 Å². The highest BCUT2D eigenvalue weighted by atomic mass is 16.5. The van der Waals surface area contributed by atoms with Crippen LogP contribution >= 0.6 is 0 Å². The van der Waals surface area contributed by atoms with E-state index in [0.29, 0.717) is 36.8 Å². The molecule has 3 rings (SSSR count). The van der Waals surface area contributed by atoms with Gasteiger partial charge in [0, 0.05) is 13.7 Å². The SMILES string of the molecule is COCCNc1nc(N)c2nc(O)n(Cc3cccc(CC(=O)OC)c3)c2n1. The summed E-state index contributed by atoms with van der Waals surface area (Å²) in [5, 5.41) is 13.3. The van der Waals surface area contributed by atoms with E-state index in [1.54, 1.807) is 7.11 Å². The van der Waals surface area contributed by atoms with E-state index < -0.39 is 0 Å². The van der Waals surface area contributed by atoms with Crippen LogP contribution in [-0.2, 0) is 27.2 Å². The van der Waals surface area contributed by atoms with Crippen LogP contribution in [0.4, 0.5) is 11.8 Å². The van der Waals surface area contributed by atoms with E-state index in [2.05, 4.69) is 20.3 Å². The number of carbonyl (C=O) groups excluding carboxylic acids is 1. The molecule has 0 amide bonds. The van der Waals surface area contributed by atoms with Crippen molar-refractivity contribution in [2.75, 3.05) is 38.4 Å². The quantitative estimate of drug-likeness (QED) is 0.381. The van der Waals surface area contributed by atoms with Crippen molar-refractivity contribution >= 4 is 28.9 Å². The normalized spacial score (nSPS) is 10.9. The number of nitrogen functional groups attached to an aromatic ring is 1. The highest BCUT2D eigenvalue weighted by Crippen LogP contribution is 2.25. The van der Waals surface area contributed by atoms with Gasteiger partial charge in [-0.05, 0) is 11.1 Å². The van der Waals surface area contributed by atoms with Gasteiger partial charge in [-0.15, -0.1) is 0 Å². The molecule has 0 radical (unpaired) electrons. The molecule has 0 unspecified atom stereocenters. The fraction of sp³-hybridized carbons (Fsp3) is 0.333. The minimum absolute atomic E-state index is 0.165. The minimum atomic E-state index is -0.319. The lowest BCUT2D eigenvalue weighted by molar-refractivity contribution is -0.139. The molecule has 1 aromatic carbocycles. The van der Waals surface area contributed by atoms with Gasteiger partial charge in [-0.3, -0.25) is 9.36 Å². The molecule has 10 heteroatoms. The number of anilines is 2. The van der Waals surface area contributed by atoms with Crippen molar-refractivity contribution in [2.45, 2.75) is 13.0 Å². The molecular formula is C18H22N6O4. The van der Waals surface area contributed by atoms with Gasteiger partial charge < -0.3 is 25.6 Å². The van der Waals surface area contributed by atoms with Crippen LogP contribution in [0, 0.1) is 0 Å². The molecule has 2 heterocycles. The Morgan fingerprint density at radius 3 is 2.79 bits per heavy atom. The molecule has 0 aliphatic rings. The monoisotopic (exact) mass is 386 g/mol. The Morgan fingerprint density at radius 2 is 2.04 bits per heavy atom. The highest BCUT2D eigenvalue weighted by molar-refractivity contribution is 5.84. The molecule has 28 heavy (non-hydrogen) atoms. The van der Waals surface area contributed by atoms with Crippen molar-refractivity contribution < 1.29 is 19.4 Å². The summed E-state index contributed by atoms with van der Waals surface area (Å²) in [5.41, 5.74) is 8.37. The van der Waals surface area contributed by atoms with E-state index in [1.807, 2.05) is 24.3 Å². The number of carbonyl (C=O) groups is 1. The Morgan fingerprint density at radius 1 is 1.25 bits per heavy atom. The minimum Gasteiger partial charge on any atom is -0.480 e. The summed E-state index contributed by atoms with van der Waals surface area (Å²) in [7, 11) is 2.95. The molecule has 0 aliphatic heterocycles. The number of esters is 1. The molecule has 148 valence electrons. The van der Waals surface area contributed by atoms with Crippen molar-refractivity contribution in [2.24, 2.45) is 0 Å². The number of hydrogen-bond donors (Lipinski definition) is 3. The molecule has 0 atom stereocenters. The standard InChI is InChI=1S/C18H22N6O4/c1-27-7-6-20-17-22-15(19)14-16(23-17)24(18(26)21-14)10-12-5-3-4-11(8-12)9-13(25)28-2/h3-5,8H,6-7,9-10H2,1-2H3,(H,21,26)(H3,19,20,22,23). The number of aromatic nitrogens is 4. The van der Waals surface area contributed by atoms with E-state index in [4.69, 9.17) is 15.2 Å². The van der Waals surface area contributed by atoms with Crippen LogP contribution in [0.25, 0.3) is 11.2 Å². The maximum Gasteiger partial charge on any atom is 0.309 e. The van der Waals surface area contributed by atoms with E-state index in [-0.39, 0.29) is 24.2 Å². The number of nitrogens with one attached hydrogen (secondary N) is 1. The van der Waals surface area contributed by atoms with Crippen LogP contribution < -0.4 is 11.1 Å². The number of hydrogen-bond acceptors (Lipinski definition) is 9. The number of imidazole rings is 1. The summed E-state index contributed by atoms with van der Waals surface area (Å²) in [4.78, 5) is 24.1. The zero-order valence-corrected chi connectivity index (χ0v) is 15.7. The van der Waals surface area contributed by atoms with E-state index in [0.717, 1.165) is 11.1 Å². The summed E-state index contributed by atoms with van der Waals surface area (Å²) in [5.74, 6) is 0.168. The zero-order chi connectivity index (χ0) is 20.1. The average Bonchev–Trinajstić information content (AvgIpc) is 2.98. The Hall–Kier alpha value is -3.40. The number of nitrogens with two attached hydrogens (primary N) is 1. The molecule has 4 N–H and O–H groups in total. The number of aromatic hydroxyl groups is 1. The van der Waals surface area contributed by atoms with Crippen molar-refractivity contribution in [1.29, 1.82) is 0 Å². The second kappa shape index (κ2) is 8.53. The summed E-state index contributed by atoms with van der Waals surface area (Å²) >= 11 is 0. The molecule has 0 spiro atoms. The second-order valence-corrected chi connectivity index (χ2v) is 6.10. The Labute approximate surface area is 161 Å². The number of benzene rings is 1. The van der Waals surface area contributed by atoms with Crippen LogP contribution in [0.15, 0.2) is 24.3 Å². The molecule has 0 bridgehead atoms. The van der Waals surface area contributed by atoms with Crippen molar-refractivity contribution in [3.8, 4) is 6.01 Å². The van der Waals surface area contributed by atoms with Crippen LogP contribution in [0.5, 0.6) is 6.01 Å². The Bertz CT molecular complexity index is 988. The third kappa shape index (κ3) is 4.29. The topological polar surface area (TPSA) is 137 Å². The predicted molar refractivity (Wildman–Crippen MR) is 103 cm³/mol. The van der Waals surface area contributed by atoms with Crippen LogP contribution in [0.2, 0.25) is 0 Å². The number of fused-ring (bicyclic) bond motifs is 1. The maximum atomic E-state index is 11.5. The van der Waals surface area contributed by atoms with Crippen molar-refractivity contribution in [3.63, 3.8) is 0 Å². The summed E-state index contributed by atoms with van der Waals surface area (Å²) in [6.07, 6.45) is 0.170. The summed E-state index contributed by atoms with van der Waals surface area (Å²) < 4.78 is 11.2. The first-order valence-corrected chi connectivity index (χ1v) is 8.62. The van der Waals surface area contributed by atoms with Gasteiger partial charge in [-0.25, -0.2) is 0 Å². The number of methoxy groups -OCH3 is 2. The van der Waals surface area contributed by atoms with Gasteiger partial charge in [-0.2, -0.15) is 15.0 Å². The number of rotatable bonds is 8. The first kappa shape index (κ1) is 19.4. The third-order valence-electron chi connectivity index (χ3n) is 4.10. The number of ether oxygens (including phenoxy) is 2. The fourth-order valence-electron chi connectivity index (χ4n) is 2.76. The first-order valence-electron chi connectivity index (χ1n) is 8.62. The van der Waals surface area contributed by atoms with Gasteiger partial charge in [0.15, 0.2) is 17.0 Å². The van der Waals surface area contributed by atoms with Gasteiger partial charge >= 0.3 is 5.97 Å². The Balaban J connectivity index is 1.91. The largest absolute Gasteiger partial charge is 0.480 e. The maximum absolute atomic E-state index is 11.5. The lowest BCUT2D eigenvalue weighted by Gasteiger charge is -2.09. The van der Waals surface area contributed by atoms with E-state index >= 15 is 0 Å². The molecular weight excluding hydrogens is 364 g/mol. The van der Waals surface area contributed by atoms with Gasteiger partial charge in [0.25, 0.3) is 6.01 Å². The van der Waals surface area contributed by atoms with Crippen molar-refractivity contribution in [1.82, 2.24) is 19.5 Å². The average molecular weight is 386 g/mol. The molecule has 2 aromatic heterocycles. The smallest absolute Gasteiger partial charge is 0.309 e. The number of nitrogens with zero attached hydrogens (tertiary/aromatic N) is 4. The lowest BCUT2D eigenvalue weighted by atomic mass is 10.1. The fourth-order valence-corrected chi connectivity index (χ4v) is 2.76. The van der Waals surface area contributed by atoms with Gasteiger partial charge in [-0.1, -0.05) is 24.3 Å². The van der Waals surface area contributed by atoms with E-state index in [1.165, 1.54) is 11.7 Å². The third-order valence-corrected chi connectivity index (χ3v) is 4.10. The van der Waals surface area contributed by atoms with Crippen molar-refractivity contribution in [3.05, 3.63) is 35.4 Å². The molecule has 0 fully saturated rings. The van der Waals surface area contributed by atoms with Gasteiger partial charge in [0.1, 0.15) is 0 Å². The van der Waals surface area contributed by atoms with Gasteiger partial charge in [0.05, 0.1) is 26.7 Å². The van der Waals surface area contributed by atoms with Gasteiger partial charge in [0.2, 0.25) is 5.95 Å². The highest BCUT2D eigenvalue weighted by Gasteiger charge is 2.17. The molecule has 10 nitrogen and oxygen atoms in total. The van der Waals surface area contributed by atoms with Crippen LogP contribution in [0.3, 0.4) is 0 Å². The second-order valence-electron chi connectivity index (χ2n) is 6.10. The lowest BCUT2D eigenvalue weighted by Crippen LogP contribution is -2.12.